The summed E-state index contributed by atoms with van der Waals surface area (Å²) in [4.78, 5) is 11.6. The molecule has 1 unspecified atom stereocenters. The molecule has 1 aromatic rings. The van der Waals surface area contributed by atoms with E-state index in [4.69, 9.17) is 10.8 Å². The van der Waals surface area contributed by atoms with Gasteiger partial charge < -0.3 is 16.2 Å². The standard InChI is InChI=1S/C11H15FN2O2/c1-6-3-8(13)4-9(10(6)12)11(16)14-5-7(2)15/h3-4,7,15H,5,13H2,1-2H3,(H,14,16). The summed E-state index contributed by atoms with van der Waals surface area (Å²) in [5.74, 6) is -1.16. The molecule has 1 aromatic carbocycles. The van der Waals surface area contributed by atoms with Crippen LogP contribution in [0, 0.1) is 12.7 Å². The lowest BCUT2D eigenvalue weighted by Crippen LogP contribution is -2.31. The highest BCUT2D eigenvalue weighted by Gasteiger charge is 2.14. The van der Waals surface area contributed by atoms with Crippen LogP contribution in [0.3, 0.4) is 0 Å². The Labute approximate surface area is 93.3 Å². The number of aliphatic hydroxyl groups excluding tert-OH is 1. The van der Waals surface area contributed by atoms with Crippen molar-refractivity contribution < 1.29 is 14.3 Å². The van der Waals surface area contributed by atoms with Gasteiger partial charge in [-0.2, -0.15) is 0 Å². The molecule has 0 radical (unpaired) electrons. The molecule has 4 nitrogen and oxygen atoms in total. The van der Waals surface area contributed by atoms with Gasteiger partial charge in [-0.25, -0.2) is 4.39 Å². The van der Waals surface area contributed by atoms with Gasteiger partial charge in [0, 0.05) is 12.2 Å². The molecule has 4 N–H and O–H groups in total. The van der Waals surface area contributed by atoms with E-state index in [-0.39, 0.29) is 12.1 Å². The summed E-state index contributed by atoms with van der Waals surface area (Å²) in [5.41, 5.74) is 6.08. The van der Waals surface area contributed by atoms with Crippen molar-refractivity contribution in [2.75, 3.05) is 12.3 Å². The Bertz CT molecular complexity index is 405. The number of nitrogen functional groups attached to an aromatic ring is 1. The van der Waals surface area contributed by atoms with Crippen molar-refractivity contribution in [3.63, 3.8) is 0 Å². The number of carbonyl (C=O) groups excluding carboxylic acids is 1. The molecule has 1 rings (SSSR count). The first-order chi connectivity index (χ1) is 7.41. The smallest absolute Gasteiger partial charge is 0.254 e. The normalized spacial score (nSPS) is 12.2. The molecule has 1 atom stereocenters. The van der Waals surface area contributed by atoms with Crippen molar-refractivity contribution in [1.29, 1.82) is 0 Å². The third-order valence-electron chi connectivity index (χ3n) is 2.08. The van der Waals surface area contributed by atoms with Crippen LogP contribution in [-0.4, -0.2) is 23.7 Å². The molecule has 0 spiro atoms. The van der Waals surface area contributed by atoms with Crippen molar-refractivity contribution in [2.45, 2.75) is 20.0 Å². The van der Waals surface area contributed by atoms with Gasteiger partial charge in [-0.3, -0.25) is 4.79 Å². The summed E-state index contributed by atoms with van der Waals surface area (Å²) in [7, 11) is 0. The zero-order valence-corrected chi connectivity index (χ0v) is 9.25. The zero-order chi connectivity index (χ0) is 12.3. The first-order valence-electron chi connectivity index (χ1n) is 4.93. The number of nitrogens with one attached hydrogen (secondary N) is 1. The number of anilines is 1. The number of hydrogen-bond acceptors (Lipinski definition) is 3. The van der Waals surface area contributed by atoms with Crippen LogP contribution in [-0.2, 0) is 0 Å². The maximum Gasteiger partial charge on any atom is 0.254 e. The van der Waals surface area contributed by atoms with Crippen molar-refractivity contribution in [3.05, 3.63) is 29.1 Å². The Morgan fingerprint density at radius 3 is 2.81 bits per heavy atom. The first-order valence-corrected chi connectivity index (χ1v) is 4.93. The number of rotatable bonds is 3. The van der Waals surface area contributed by atoms with E-state index >= 15 is 0 Å². The topological polar surface area (TPSA) is 75.4 Å². The van der Waals surface area contributed by atoms with Crippen LogP contribution in [0.5, 0.6) is 0 Å². The van der Waals surface area contributed by atoms with Crippen molar-refractivity contribution in [1.82, 2.24) is 5.32 Å². The molecule has 0 saturated heterocycles. The zero-order valence-electron chi connectivity index (χ0n) is 9.25. The Morgan fingerprint density at radius 1 is 1.62 bits per heavy atom. The van der Waals surface area contributed by atoms with Crippen LogP contribution in [0.1, 0.15) is 22.8 Å². The number of aliphatic hydroxyl groups is 1. The molecule has 88 valence electrons. The van der Waals surface area contributed by atoms with Gasteiger partial charge >= 0.3 is 0 Å². The van der Waals surface area contributed by atoms with E-state index < -0.39 is 17.8 Å². The lowest BCUT2D eigenvalue weighted by atomic mass is 10.1. The van der Waals surface area contributed by atoms with Gasteiger partial charge in [0.1, 0.15) is 5.82 Å². The second-order valence-electron chi connectivity index (χ2n) is 3.76. The van der Waals surface area contributed by atoms with Gasteiger partial charge in [-0.1, -0.05) is 0 Å². The summed E-state index contributed by atoms with van der Waals surface area (Å²) in [6.45, 7) is 3.14. The van der Waals surface area contributed by atoms with Crippen LogP contribution < -0.4 is 11.1 Å². The van der Waals surface area contributed by atoms with Crippen LogP contribution in [0.4, 0.5) is 10.1 Å². The largest absolute Gasteiger partial charge is 0.399 e. The van der Waals surface area contributed by atoms with E-state index in [0.717, 1.165) is 0 Å². The number of halogens is 1. The van der Waals surface area contributed by atoms with Crippen molar-refractivity contribution in [2.24, 2.45) is 0 Å². The van der Waals surface area contributed by atoms with Gasteiger partial charge in [0.15, 0.2) is 0 Å². The van der Waals surface area contributed by atoms with Crippen molar-refractivity contribution in [3.8, 4) is 0 Å². The average Bonchev–Trinajstić information content (AvgIpc) is 2.19. The molecule has 0 aromatic heterocycles. The van der Waals surface area contributed by atoms with E-state index in [1.54, 1.807) is 0 Å². The van der Waals surface area contributed by atoms with Crippen LogP contribution in [0.2, 0.25) is 0 Å². The van der Waals surface area contributed by atoms with Gasteiger partial charge in [0.05, 0.1) is 11.7 Å². The number of carbonyl (C=O) groups is 1. The molecular weight excluding hydrogens is 211 g/mol. The monoisotopic (exact) mass is 226 g/mol. The van der Waals surface area contributed by atoms with Gasteiger partial charge in [0.2, 0.25) is 0 Å². The highest BCUT2D eigenvalue weighted by Crippen LogP contribution is 2.16. The lowest BCUT2D eigenvalue weighted by molar-refractivity contribution is 0.0920. The molecule has 1 amide bonds. The Morgan fingerprint density at radius 2 is 2.25 bits per heavy atom. The second-order valence-corrected chi connectivity index (χ2v) is 3.76. The minimum Gasteiger partial charge on any atom is -0.399 e. The van der Waals surface area contributed by atoms with Gasteiger partial charge in [-0.05, 0) is 31.5 Å². The van der Waals surface area contributed by atoms with E-state index in [1.165, 1.54) is 26.0 Å². The van der Waals surface area contributed by atoms with E-state index in [2.05, 4.69) is 5.32 Å². The number of benzene rings is 1. The van der Waals surface area contributed by atoms with E-state index in [9.17, 15) is 9.18 Å². The molecule has 0 saturated carbocycles. The Kier molecular flexibility index (Phi) is 3.84. The number of nitrogens with two attached hydrogens (primary N) is 1. The average molecular weight is 226 g/mol. The van der Waals surface area contributed by atoms with Crippen LogP contribution in [0.15, 0.2) is 12.1 Å². The van der Waals surface area contributed by atoms with Gasteiger partial charge in [0.25, 0.3) is 5.91 Å². The molecule has 0 aliphatic carbocycles. The summed E-state index contributed by atoms with van der Waals surface area (Å²) in [5, 5.41) is 11.4. The lowest BCUT2D eigenvalue weighted by Gasteiger charge is -2.09. The molecule has 5 heteroatoms. The fourth-order valence-corrected chi connectivity index (χ4v) is 1.30. The minimum atomic E-state index is -0.672. The minimum absolute atomic E-state index is 0.0755. The maximum atomic E-state index is 13.6. The Hall–Kier alpha value is -1.62. The third-order valence-corrected chi connectivity index (χ3v) is 2.08. The predicted octanol–water partition coefficient (Wildman–Crippen LogP) is 0.827. The maximum absolute atomic E-state index is 13.6. The SMILES string of the molecule is Cc1cc(N)cc(C(=O)NCC(C)O)c1F. The van der Waals surface area contributed by atoms with Crippen LogP contribution in [0.25, 0.3) is 0 Å². The highest BCUT2D eigenvalue weighted by atomic mass is 19.1. The summed E-state index contributed by atoms with van der Waals surface area (Å²) >= 11 is 0. The van der Waals surface area contributed by atoms with Gasteiger partial charge in [-0.15, -0.1) is 0 Å². The molecule has 0 fully saturated rings. The first kappa shape index (κ1) is 12.4. The third kappa shape index (κ3) is 2.93. The molecule has 0 bridgehead atoms. The fourth-order valence-electron chi connectivity index (χ4n) is 1.30. The number of hydrogen-bond donors (Lipinski definition) is 3. The fraction of sp³-hybridized carbons (Fsp3) is 0.364. The molecular formula is C11H15FN2O2. The van der Waals surface area contributed by atoms with Crippen molar-refractivity contribution >= 4 is 11.6 Å². The molecule has 0 aliphatic heterocycles. The highest BCUT2D eigenvalue weighted by molar-refractivity contribution is 5.95. The molecule has 16 heavy (non-hydrogen) atoms. The summed E-state index contributed by atoms with van der Waals surface area (Å²) in [6.07, 6.45) is -0.672. The summed E-state index contributed by atoms with van der Waals surface area (Å²) in [6, 6.07) is 2.74. The second kappa shape index (κ2) is 4.94. The van der Waals surface area contributed by atoms with Crippen LogP contribution >= 0.6 is 0 Å². The number of aryl methyl sites for hydroxylation is 1. The Balaban J connectivity index is 2.91. The molecule has 0 heterocycles. The molecule has 0 aliphatic rings. The predicted molar refractivity (Wildman–Crippen MR) is 59.6 cm³/mol. The quantitative estimate of drug-likeness (QED) is 0.668. The number of amides is 1. The van der Waals surface area contributed by atoms with E-state index in [1.807, 2.05) is 0 Å². The summed E-state index contributed by atoms with van der Waals surface area (Å²) < 4.78 is 13.6. The van der Waals surface area contributed by atoms with E-state index in [0.29, 0.717) is 11.3 Å².